The Balaban J connectivity index is 2.31. The molecule has 2 rings (SSSR count). The predicted octanol–water partition coefficient (Wildman–Crippen LogP) is 5.39. The van der Waals surface area contributed by atoms with E-state index in [-0.39, 0.29) is 0 Å². The van der Waals surface area contributed by atoms with Crippen LogP contribution in [-0.4, -0.2) is 0 Å². The highest BCUT2D eigenvalue weighted by molar-refractivity contribution is 14.1. The zero-order chi connectivity index (χ0) is 11.5. The Kier molecular flexibility index (Phi) is 3.95. The number of ether oxygens (including phenoxy) is 1. The van der Waals surface area contributed by atoms with Gasteiger partial charge < -0.3 is 4.74 Å². The maximum Gasteiger partial charge on any atom is 0.146 e. The molecule has 0 aromatic heterocycles. The minimum Gasteiger partial charge on any atom is -0.455 e. The Labute approximate surface area is 117 Å². The molecular weight excluding hydrogens is 358 g/mol. The summed E-state index contributed by atoms with van der Waals surface area (Å²) < 4.78 is 6.73. The van der Waals surface area contributed by atoms with Crippen molar-refractivity contribution in [2.75, 3.05) is 0 Å². The van der Waals surface area contributed by atoms with Gasteiger partial charge in [-0.15, -0.1) is 0 Å². The van der Waals surface area contributed by atoms with Gasteiger partial charge in [-0.25, -0.2) is 0 Å². The van der Waals surface area contributed by atoms with E-state index >= 15 is 0 Å². The second kappa shape index (κ2) is 5.25. The molecule has 0 bridgehead atoms. The van der Waals surface area contributed by atoms with Crippen LogP contribution in [0.1, 0.15) is 0 Å². The van der Waals surface area contributed by atoms with Crippen LogP contribution in [0.3, 0.4) is 0 Å². The van der Waals surface area contributed by atoms with Gasteiger partial charge in [-0.05, 0) is 52.9 Å². The normalized spacial score (nSPS) is 10.2. The van der Waals surface area contributed by atoms with E-state index in [2.05, 4.69) is 22.6 Å². The summed E-state index contributed by atoms with van der Waals surface area (Å²) in [6, 6.07) is 12.9. The fourth-order valence-electron chi connectivity index (χ4n) is 1.20. The van der Waals surface area contributed by atoms with Crippen LogP contribution in [0.5, 0.6) is 11.5 Å². The molecule has 82 valence electrons. The molecule has 0 aliphatic heterocycles. The van der Waals surface area contributed by atoms with Crippen molar-refractivity contribution in [1.29, 1.82) is 0 Å². The Morgan fingerprint density at radius 2 is 1.69 bits per heavy atom. The molecule has 0 fully saturated rings. The Bertz CT molecular complexity index is 514. The lowest BCUT2D eigenvalue weighted by atomic mass is 10.3. The van der Waals surface area contributed by atoms with Gasteiger partial charge in [-0.1, -0.05) is 35.3 Å². The largest absolute Gasteiger partial charge is 0.455 e. The van der Waals surface area contributed by atoms with Crippen LogP contribution >= 0.6 is 45.8 Å². The molecule has 0 heterocycles. The van der Waals surface area contributed by atoms with E-state index in [0.717, 1.165) is 9.32 Å². The zero-order valence-electron chi connectivity index (χ0n) is 8.08. The molecule has 0 saturated carbocycles. The highest BCUT2D eigenvalue weighted by atomic mass is 127. The van der Waals surface area contributed by atoms with E-state index in [1.54, 1.807) is 18.2 Å². The molecule has 0 spiro atoms. The SMILES string of the molecule is Clc1ccc(Oc2ccccc2I)c(Cl)c1. The van der Waals surface area contributed by atoms with Crippen LogP contribution in [0, 0.1) is 3.57 Å². The second-order valence-electron chi connectivity index (χ2n) is 3.11. The summed E-state index contributed by atoms with van der Waals surface area (Å²) >= 11 is 14.0. The molecule has 4 heteroatoms. The molecule has 0 N–H and O–H groups in total. The minimum absolute atomic E-state index is 0.507. The fraction of sp³-hybridized carbons (Fsp3) is 0. The first-order valence-corrected chi connectivity index (χ1v) is 6.38. The average molecular weight is 365 g/mol. The third kappa shape index (κ3) is 2.81. The van der Waals surface area contributed by atoms with Gasteiger partial charge in [0.1, 0.15) is 11.5 Å². The van der Waals surface area contributed by atoms with Gasteiger partial charge in [0.2, 0.25) is 0 Å². The number of hydrogen-bond donors (Lipinski definition) is 0. The number of hydrogen-bond acceptors (Lipinski definition) is 1. The zero-order valence-corrected chi connectivity index (χ0v) is 11.8. The first-order valence-electron chi connectivity index (χ1n) is 4.54. The monoisotopic (exact) mass is 364 g/mol. The van der Waals surface area contributed by atoms with E-state index in [9.17, 15) is 0 Å². The highest BCUT2D eigenvalue weighted by Crippen LogP contribution is 2.33. The van der Waals surface area contributed by atoms with Crippen molar-refractivity contribution >= 4 is 45.8 Å². The van der Waals surface area contributed by atoms with Crippen LogP contribution < -0.4 is 4.74 Å². The van der Waals surface area contributed by atoms with Gasteiger partial charge in [-0.3, -0.25) is 0 Å². The quantitative estimate of drug-likeness (QED) is 0.649. The summed E-state index contributed by atoms with van der Waals surface area (Å²) in [7, 11) is 0. The maximum atomic E-state index is 6.02. The highest BCUT2D eigenvalue weighted by Gasteiger charge is 2.05. The summed E-state index contributed by atoms with van der Waals surface area (Å²) in [4.78, 5) is 0. The van der Waals surface area contributed by atoms with Crippen molar-refractivity contribution in [2.45, 2.75) is 0 Å². The van der Waals surface area contributed by atoms with E-state index in [0.29, 0.717) is 15.8 Å². The minimum atomic E-state index is 0.507. The first kappa shape index (κ1) is 12.0. The van der Waals surface area contributed by atoms with Crippen LogP contribution in [0.25, 0.3) is 0 Å². The van der Waals surface area contributed by atoms with Gasteiger partial charge in [0, 0.05) is 5.02 Å². The van der Waals surface area contributed by atoms with Crippen molar-refractivity contribution in [3.8, 4) is 11.5 Å². The van der Waals surface area contributed by atoms with Gasteiger partial charge >= 0.3 is 0 Å². The van der Waals surface area contributed by atoms with Crippen LogP contribution in [0.2, 0.25) is 10.0 Å². The number of rotatable bonds is 2. The molecule has 0 aliphatic rings. The molecule has 0 amide bonds. The lowest BCUT2D eigenvalue weighted by molar-refractivity contribution is 0.479. The van der Waals surface area contributed by atoms with Crippen molar-refractivity contribution in [2.24, 2.45) is 0 Å². The molecule has 0 aliphatic carbocycles. The Hall–Kier alpha value is -0.450. The predicted molar refractivity (Wildman–Crippen MR) is 75.7 cm³/mol. The van der Waals surface area contributed by atoms with E-state index < -0.39 is 0 Å². The summed E-state index contributed by atoms with van der Waals surface area (Å²) in [5.74, 6) is 1.39. The van der Waals surface area contributed by atoms with Crippen LogP contribution in [0.4, 0.5) is 0 Å². The van der Waals surface area contributed by atoms with Crippen molar-refractivity contribution < 1.29 is 4.74 Å². The lowest BCUT2D eigenvalue weighted by Crippen LogP contribution is -1.87. The molecule has 0 unspecified atom stereocenters. The molecule has 16 heavy (non-hydrogen) atoms. The molecule has 0 atom stereocenters. The molecule has 0 radical (unpaired) electrons. The van der Waals surface area contributed by atoms with Gasteiger partial charge in [0.05, 0.1) is 8.59 Å². The third-order valence-electron chi connectivity index (χ3n) is 1.95. The van der Waals surface area contributed by atoms with Gasteiger partial charge in [0.25, 0.3) is 0 Å². The fourth-order valence-corrected chi connectivity index (χ4v) is 2.15. The lowest BCUT2D eigenvalue weighted by Gasteiger charge is -2.09. The van der Waals surface area contributed by atoms with Gasteiger partial charge in [0.15, 0.2) is 0 Å². The Morgan fingerprint density at radius 3 is 2.38 bits per heavy atom. The number of para-hydroxylation sites is 1. The van der Waals surface area contributed by atoms with E-state index in [1.165, 1.54) is 0 Å². The van der Waals surface area contributed by atoms with Crippen molar-refractivity contribution in [1.82, 2.24) is 0 Å². The number of halogens is 3. The molecule has 2 aromatic rings. The summed E-state index contributed by atoms with van der Waals surface area (Å²) in [6.45, 7) is 0. The van der Waals surface area contributed by atoms with Crippen LogP contribution in [-0.2, 0) is 0 Å². The number of benzene rings is 2. The summed E-state index contributed by atoms with van der Waals surface area (Å²) in [6.07, 6.45) is 0. The first-order chi connectivity index (χ1) is 7.66. The summed E-state index contributed by atoms with van der Waals surface area (Å²) in [5.41, 5.74) is 0. The Morgan fingerprint density at radius 1 is 0.938 bits per heavy atom. The topological polar surface area (TPSA) is 9.23 Å². The summed E-state index contributed by atoms with van der Waals surface area (Å²) in [5, 5.41) is 1.10. The molecule has 1 nitrogen and oxygen atoms in total. The molecule has 2 aromatic carbocycles. The van der Waals surface area contributed by atoms with Crippen molar-refractivity contribution in [3.63, 3.8) is 0 Å². The van der Waals surface area contributed by atoms with Gasteiger partial charge in [-0.2, -0.15) is 0 Å². The maximum absolute atomic E-state index is 6.02. The smallest absolute Gasteiger partial charge is 0.146 e. The van der Waals surface area contributed by atoms with E-state index in [1.807, 2.05) is 24.3 Å². The third-order valence-corrected chi connectivity index (χ3v) is 3.37. The van der Waals surface area contributed by atoms with Crippen molar-refractivity contribution in [3.05, 3.63) is 56.1 Å². The van der Waals surface area contributed by atoms with E-state index in [4.69, 9.17) is 27.9 Å². The molecule has 0 saturated heterocycles. The second-order valence-corrected chi connectivity index (χ2v) is 5.11. The molecular formula is C12H7Cl2IO. The van der Waals surface area contributed by atoms with Crippen LogP contribution in [0.15, 0.2) is 42.5 Å². The standard InChI is InChI=1S/C12H7Cl2IO/c13-8-5-6-11(9(14)7-8)16-12-4-2-1-3-10(12)15/h1-7H. The average Bonchev–Trinajstić information content (AvgIpc) is 2.25.